The fourth-order valence-electron chi connectivity index (χ4n) is 2.41. The summed E-state index contributed by atoms with van der Waals surface area (Å²) in [6.45, 7) is 5.92. The summed E-state index contributed by atoms with van der Waals surface area (Å²) in [4.78, 5) is 38.3. The van der Waals surface area contributed by atoms with Crippen LogP contribution in [0.5, 0.6) is 0 Å². The molecule has 2 rings (SSSR count). The van der Waals surface area contributed by atoms with E-state index in [1.165, 1.54) is 29.5 Å². The maximum atomic E-state index is 12.4. The number of carbonyl (C=O) groups excluding carboxylic acids is 1. The number of carboxylic acids is 1. The second-order valence-corrected chi connectivity index (χ2v) is 7.26. The van der Waals surface area contributed by atoms with E-state index in [1.807, 2.05) is 20.8 Å². The molecule has 0 fully saturated rings. The molecule has 0 aliphatic heterocycles. The topological polar surface area (TPSA) is 140 Å². The number of nitro benzene ring substituents is 1. The zero-order valence-electron chi connectivity index (χ0n) is 15.2. The number of rotatable bonds is 7. The van der Waals surface area contributed by atoms with Crippen molar-refractivity contribution in [2.24, 2.45) is 5.41 Å². The van der Waals surface area contributed by atoms with Gasteiger partial charge in [0.05, 0.1) is 4.92 Å². The highest BCUT2D eigenvalue weighted by atomic mass is 16.6. The first-order chi connectivity index (χ1) is 12.6. The molecule has 1 amide bonds. The second-order valence-electron chi connectivity index (χ2n) is 7.26. The quantitative estimate of drug-likeness (QED) is 0.558. The Kier molecular flexibility index (Phi) is 5.88. The minimum atomic E-state index is -1.15. The van der Waals surface area contributed by atoms with Crippen molar-refractivity contribution in [2.75, 3.05) is 0 Å². The Bertz CT molecular complexity index is 842. The highest BCUT2D eigenvalue weighted by molar-refractivity contribution is 5.97. The van der Waals surface area contributed by atoms with Gasteiger partial charge in [0.25, 0.3) is 11.6 Å². The molecule has 1 aromatic heterocycles. The molecule has 0 spiro atoms. The molecule has 1 aromatic carbocycles. The van der Waals surface area contributed by atoms with Crippen molar-refractivity contribution < 1.29 is 19.6 Å². The first-order valence-electron chi connectivity index (χ1n) is 8.25. The SMILES string of the molecule is CC(C)(C)CCC(NC(=O)c1ccc(-n2cncn2)c([N+](=O)[O-])c1)C(=O)O. The normalized spacial score (nSPS) is 12.4. The predicted octanol–water partition coefficient (Wildman–Crippen LogP) is 2.18. The maximum absolute atomic E-state index is 12.4. The van der Waals surface area contributed by atoms with Crippen LogP contribution in [0.4, 0.5) is 5.69 Å². The van der Waals surface area contributed by atoms with Crippen molar-refractivity contribution in [3.05, 3.63) is 46.5 Å². The summed E-state index contributed by atoms with van der Waals surface area (Å²) in [6, 6.07) is 2.76. The molecule has 10 nitrogen and oxygen atoms in total. The minimum absolute atomic E-state index is 0.00688. The van der Waals surface area contributed by atoms with E-state index >= 15 is 0 Å². The van der Waals surface area contributed by atoms with Gasteiger partial charge in [0.1, 0.15) is 24.4 Å². The van der Waals surface area contributed by atoms with Crippen LogP contribution in [0.1, 0.15) is 44.0 Å². The third kappa shape index (κ3) is 5.33. The number of amides is 1. The summed E-state index contributed by atoms with van der Waals surface area (Å²) in [6.07, 6.45) is 3.38. The van der Waals surface area contributed by atoms with Crippen LogP contribution in [0.2, 0.25) is 0 Å². The Hall–Kier alpha value is -3.30. The summed E-state index contributed by atoms with van der Waals surface area (Å²) < 4.78 is 1.21. The predicted molar refractivity (Wildman–Crippen MR) is 95.6 cm³/mol. The van der Waals surface area contributed by atoms with Crippen molar-refractivity contribution in [2.45, 2.75) is 39.7 Å². The lowest BCUT2D eigenvalue weighted by Gasteiger charge is -2.21. The van der Waals surface area contributed by atoms with Gasteiger partial charge in [-0.2, -0.15) is 5.10 Å². The smallest absolute Gasteiger partial charge is 0.326 e. The Morgan fingerprint density at radius 3 is 2.59 bits per heavy atom. The first-order valence-corrected chi connectivity index (χ1v) is 8.25. The maximum Gasteiger partial charge on any atom is 0.326 e. The number of hydrogen-bond donors (Lipinski definition) is 2. The lowest BCUT2D eigenvalue weighted by Crippen LogP contribution is -2.41. The molecular weight excluding hydrogens is 354 g/mol. The van der Waals surface area contributed by atoms with Crippen molar-refractivity contribution >= 4 is 17.6 Å². The van der Waals surface area contributed by atoms with E-state index in [-0.39, 0.29) is 28.8 Å². The van der Waals surface area contributed by atoms with E-state index in [4.69, 9.17) is 0 Å². The van der Waals surface area contributed by atoms with E-state index in [9.17, 15) is 24.8 Å². The van der Waals surface area contributed by atoms with Crippen LogP contribution in [0.15, 0.2) is 30.9 Å². The molecule has 0 aliphatic carbocycles. The highest BCUT2D eigenvalue weighted by Crippen LogP contribution is 2.24. The number of aromatic nitrogens is 3. The molecule has 0 aliphatic rings. The highest BCUT2D eigenvalue weighted by Gasteiger charge is 2.25. The van der Waals surface area contributed by atoms with Gasteiger partial charge in [-0.3, -0.25) is 14.9 Å². The molecule has 144 valence electrons. The van der Waals surface area contributed by atoms with Gasteiger partial charge in [0.2, 0.25) is 0 Å². The van der Waals surface area contributed by atoms with E-state index in [0.29, 0.717) is 6.42 Å². The lowest BCUT2D eigenvalue weighted by molar-refractivity contribution is -0.384. The Morgan fingerprint density at radius 1 is 1.37 bits per heavy atom. The van der Waals surface area contributed by atoms with Gasteiger partial charge in [0, 0.05) is 11.6 Å². The van der Waals surface area contributed by atoms with Crippen LogP contribution in [0, 0.1) is 15.5 Å². The third-order valence-electron chi connectivity index (χ3n) is 3.89. The van der Waals surface area contributed by atoms with Crippen LogP contribution in [0.25, 0.3) is 5.69 Å². The number of carboxylic acid groups (broad SMARTS) is 1. The molecule has 0 saturated heterocycles. The molecule has 1 heterocycles. The first kappa shape index (κ1) is 20.0. The lowest BCUT2D eigenvalue weighted by atomic mass is 9.88. The van der Waals surface area contributed by atoms with E-state index in [2.05, 4.69) is 15.4 Å². The fraction of sp³-hybridized carbons (Fsp3) is 0.412. The fourth-order valence-corrected chi connectivity index (χ4v) is 2.41. The molecule has 10 heteroatoms. The van der Waals surface area contributed by atoms with E-state index in [1.54, 1.807) is 0 Å². The summed E-state index contributed by atoms with van der Waals surface area (Å²) in [7, 11) is 0. The number of nitrogens with one attached hydrogen (secondary N) is 1. The van der Waals surface area contributed by atoms with Gasteiger partial charge in [-0.25, -0.2) is 14.5 Å². The summed E-state index contributed by atoms with van der Waals surface area (Å²) in [5.74, 6) is -1.84. The van der Waals surface area contributed by atoms with Crippen molar-refractivity contribution in [1.29, 1.82) is 0 Å². The summed E-state index contributed by atoms with van der Waals surface area (Å²) in [5, 5.41) is 27.0. The van der Waals surface area contributed by atoms with Crippen LogP contribution in [-0.2, 0) is 4.79 Å². The zero-order valence-corrected chi connectivity index (χ0v) is 15.2. The van der Waals surface area contributed by atoms with Crippen LogP contribution >= 0.6 is 0 Å². The molecule has 0 bridgehead atoms. The number of hydrogen-bond acceptors (Lipinski definition) is 6. The Morgan fingerprint density at radius 2 is 2.07 bits per heavy atom. The van der Waals surface area contributed by atoms with Gasteiger partial charge >= 0.3 is 5.97 Å². The number of carbonyl (C=O) groups is 2. The van der Waals surface area contributed by atoms with Crippen LogP contribution in [-0.4, -0.2) is 42.7 Å². The standard InChI is InChI=1S/C17H21N5O5/c1-17(2,3)7-6-12(16(24)25)20-15(23)11-4-5-13(14(8-11)22(26)27)21-10-18-9-19-21/h4-5,8-10,12H,6-7H2,1-3H3,(H,20,23)(H,24,25). The molecule has 2 aromatic rings. The monoisotopic (exact) mass is 375 g/mol. The zero-order chi connectivity index (χ0) is 20.2. The molecule has 2 N–H and O–H groups in total. The molecule has 0 radical (unpaired) electrons. The third-order valence-corrected chi connectivity index (χ3v) is 3.89. The summed E-state index contributed by atoms with van der Waals surface area (Å²) >= 11 is 0. The minimum Gasteiger partial charge on any atom is -0.480 e. The molecule has 1 unspecified atom stereocenters. The molecule has 0 saturated carbocycles. The average Bonchev–Trinajstić information content (AvgIpc) is 3.11. The van der Waals surface area contributed by atoms with Crippen LogP contribution < -0.4 is 5.32 Å². The van der Waals surface area contributed by atoms with Crippen molar-refractivity contribution in [3.63, 3.8) is 0 Å². The van der Waals surface area contributed by atoms with Gasteiger partial charge in [-0.15, -0.1) is 0 Å². The molecule has 1 atom stereocenters. The molecule has 27 heavy (non-hydrogen) atoms. The van der Waals surface area contributed by atoms with E-state index in [0.717, 1.165) is 6.07 Å². The van der Waals surface area contributed by atoms with Crippen LogP contribution in [0.3, 0.4) is 0 Å². The average molecular weight is 375 g/mol. The number of benzene rings is 1. The second kappa shape index (κ2) is 7.94. The number of nitro groups is 1. The Labute approximate surface area is 155 Å². The van der Waals surface area contributed by atoms with Gasteiger partial charge < -0.3 is 10.4 Å². The number of nitrogens with zero attached hydrogens (tertiary/aromatic N) is 4. The van der Waals surface area contributed by atoms with Crippen molar-refractivity contribution in [3.8, 4) is 5.69 Å². The Balaban J connectivity index is 2.23. The van der Waals surface area contributed by atoms with Gasteiger partial charge in [-0.05, 0) is 30.4 Å². The summed E-state index contributed by atoms with van der Waals surface area (Å²) in [5.41, 5.74) is -0.282. The number of aliphatic carboxylic acids is 1. The van der Waals surface area contributed by atoms with Crippen molar-refractivity contribution in [1.82, 2.24) is 20.1 Å². The van der Waals surface area contributed by atoms with Gasteiger partial charge in [0.15, 0.2) is 0 Å². The largest absolute Gasteiger partial charge is 0.480 e. The molecular formula is C17H21N5O5. The van der Waals surface area contributed by atoms with Gasteiger partial charge in [-0.1, -0.05) is 20.8 Å². The van der Waals surface area contributed by atoms with E-state index < -0.39 is 22.8 Å².